The first kappa shape index (κ1) is 28.3. The second kappa shape index (κ2) is 11.3. The summed E-state index contributed by atoms with van der Waals surface area (Å²) in [4.78, 5) is 29.5. The largest absolute Gasteiger partial charge is 0.481 e. The number of nitrogens with zero attached hydrogens (tertiary/aromatic N) is 1. The van der Waals surface area contributed by atoms with Crippen LogP contribution in [-0.4, -0.2) is 57.2 Å². The Balaban J connectivity index is 1.39. The molecule has 11 heteroatoms. The van der Waals surface area contributed by atoms with Crippen LogP contribution in [0.3, 0.4) is 0 Å². The molecular formula is C29H35N3O7S. The van der Waals surface area contributed by atoms with Crippen LogP contribution in [-0.2, 0) is 25.3 Å². The number of pyridine rings is 1. The lowest BCUT2D eigenvalue weighted by Gasteiger charge is -2.33. The number of sulfonamides is 1. The number of ether oxygens (including phenoxy) is 1. The quantitative estimate of drug-likeness (QED) is 0.292. The highest BCUT2D eigenvalue weighted by molar-refractivity contribution is 7.88. The van der Waals surface area contributed by atoms with Gasteiger partial charge in [0, 0.05) is 32.4 Å². The van der Waals surface area contributed by atoms with Crippen molar-refractivity contribution in [3.05, 3.63) is 52.7 Å². The minimum absolute atomic E-state index is 0.137. The number of carboxylic acid groups (broad SMARTS) is 1. The molecule has 2 aromatic heterocycles. The van der Waals surface area contributed by atoms with E-state index in [2.05, 4.69) is 15.0 Å². The van der Waals surface area contributed by atoms with Gasteiger partial charge in [-0.05, 0) is 63.0 Å². The molecule has 5 rings (SSSR count). The second-order valence-electron chi connectivity index (χ2n) is 10.9. The van der Waals surface area contributed by atoms with Crippen molar-refractivity contribution in [1.82, 2.24) is 15.0 Å². The highest BCUT2D eigenvalue weighted by Gasteiger charge is 2.39. The fourth-order valence-electron chi connectivity index (χ4n) is 5.42. The van der Waals surface area contributed by atoms with E-state index in [9.17, 15) is 23.1 Å². The maximum atomic E-state index is 13.1. The van der Waals surface area contributed by atoms with Gasteiger partial charge in [0.1, 0.15) is 11.5 Å². The average Bonchev–Trinajstić information content (AvgIpc) is 3.71. The molecule has 1 amide bonds. The molecule has 3 heterocycles. The van der Waals surface area contributed by atoms with E-state index in [1.807, 2.05) is 37.3 Å². The van der Waals surface area contributed by atoms with E-state index in [0.717, 1.165) is 29.5 Å². The van der Waals surface area contributed by atoms with Crippen molar-refractivity contribution in [2.24, 2.45) is 5.41 Å². The summed E-state index contributed by atoms with van der Waals surface area (Å²) >= 11 is 0. The Labute approximate surface area is 233 Å². The molecule has 0 radical (unpaired) electrons. The predicted molar refractivity (Wildman–Crippen MR) is 150 cm³/mol. The van der Waals surface area contributed by atoms with Crippen LogP contribution < -0.4 is 10.0 Å². The molecule has 1 saturated carbocycles. The Morgan fingerprint density at radius 1 is 1.15 bits per heavy atom. The van der Waals surface area contributed by atoms with Gasteiger partial charge in [-0.3, -0.25) is 9.59 Å². The van der Waals surface area contributed by atoms with E-state index < -0.39 is 21.4 Å². The summed E-state index contributed by atoms with van der Waals surface area (Å²) in [5, 5.41) is 13.0. The molecular weight excluding hydrogens is 534 g/mol. The first-order chi connectivity index (χ1) is 19.1. The van der Waals surface area contributed by atoms with E-state index >= 15 is 0 Å². The van der Waals surface area contributed by atoms with Gasteiger partial charge in [0.05, 0.1) is 22.1 Å². The SMILES string of the molecule is CNC(=O)c1c(-c2ccc(C)cc2)oc2nc(CS(=O)(=O)NCCCC3(C(=O)O)CCOCC3)c(C3CC3)cc12. The Morgan fingerprint density at radius 2 is 1.85 bits per heavy atom. The summed E-state index contributed by atoms with van der Waals surface area (Å²) in [6.07, 6.45) is 3.48. The molecule has 3 N–H and O–H groups in total. The van der Waals surface area contributed by atoms with Crippen LogP contribution in [0.25, 0.3) is 22.4 Å². The van der Waals surface area contributed by atoms with Crippen LogP contribution in [0.15, 0.2) is 34.7 Å². The number of nitrogens with one attached hydrogen (secondary N) is 2. The molecule has 1 aliphatic heterocycles. The summed E-state index contributed by atoms with van der Waals surface area (Å²) in [5.41, 5.74) is 2.74. The number of hydrogen-bond donors (Lipinski definition) is 3. The molecule has 2 aliphatic rings. The molecule has 40 heavy (non-hydrogen) atoms. The summed E-state index contributed by atoms with van der Waals surface area (Å²) in [7, 11) is -2.20. The van der Waals surface area contributed by atoms with Gasteiger partial charge >= 0.3 is 5.97 Å². The number of rotatable bonds is 11. The minimum atomic E-state index is -3.76. The summed E-state index contributed by atoms with van der Waals surface area (Å²) < 4.78 is 40.2. The summed E-state index contributed by atoms with van der Waals surface area (Å²) in [6, 6.07) is 9.49. The van der Waals surface area contributed by atoms with Gasteiger partial charge in [0.15, 0.2) is 0 Å². The second-order valence-corrected chi connectivity index (χ2v) is 12.7. The maximum Gasteiger partial charge on any atom is 0.309 e. The maximum absolute atomic E-state index is 13.1. The molecule has 1 saturated heterocycles. The van der Waals surface area contributed by atoms with Crippen LogP contribution in [0, 0.1) is 12.3 Å². The van der Waals surface area contributed by atoms with Gasteiger partial charge in [0.2, 0.25) is 15.7 Å². The Kier molecular flexibility index (Phi) is 7.98. The number of carbonyl (C=O) groups is 2. The van der Waals surface area contributed by atoms with Crippen molar-refractivity contribution in [3.63, 3.8) is 0 Å². The standard InChI is InChI=1S/C29H35N3O7S/c1-18-4-6-20(7-5-18)25-24(26(33)30-2)22-16-21(19-8-9-19)23(32-27(22)39-25)17-40(36,37)31-13-3-10-29(28(34)35)11-14-38-15-12-29/h4-7,16,19,31H,3,8-15,17H2,1-2H3,(H,30,33)(H,34,35). The Bertz CT molecular complexity index is 1520. The molecule has 0 bridgehead atoms. The van der Waals surface area contributed by atoms with Crippen molar-refractivity contribution >= 4 is 33.0 Å². The monoisotopic (exact) mass is 569 g/mol. The topological polar surface area (TPSA) is 148 Å². The lowest BCUT2D eigenvalue weighted by Crippen LogP contribution is -2.38. The third-order valence-electron chi connectivity index (χ3n) is 7.96. The number of carboxylic acids is 1. The van der Waals surface area contributed by atoms with Crippen molar-refractivity contribution in [2.75, 3.05) is 26.8 Å². The zero-order valence-electron chi connectivity index (χ0n) is 22.8. The Hall–Kier alpha value is -3.28. The van der Waals surface area contributed by atoms with Crippen molar-refractivity contribution in [2.45, 2.75) is 57.1 Å². The van der Waals surface area contributed by atoms with Crippen molar-refractivity contribution in [1.29, 1.82) is 0 Å². The number of carbonyl (C=O) groups excluding carboxylic acids is 1. The molecule has 0 unspecified atom stereocenters. The van der Waals surface area contributed by atoms with Gasteiger partial charge in [-0.15, -0.1) is 0 Å². The van der Waals surface area contributed by atoms with Crippen LogP contribution in [0.5, 0.6) is 0 Å². The van der Waals surface area contributed by atoms with Crippen molar-refractivity contribution in [3.8, 4) is 11.3 Å². The normalized spacial score (nSPS) is 17.1. The highest BCUT2D eigenvalue weighted by atomic mass is 32.2. The van der Waals surface area contributed by atoms with Gasteiger partial charge in [-0.1, -0.05) is 29.8 Å². The molecule has 1 aromatic carbocycles. The number of fused-ring (bicyclic) bond motifs is 1. The zero-order valence-corrected chi connectivity index (χ0v) is 23.6. The molecule has 10 nitrogen and oxygen atoms in total. The molecule has 3 aromatic rings. The van der Waals surface area contributed by atoms with E-state index in [1.54, 1.807) is 7.05 Å². The first-order valence-corrected chi connectivity index (χ1v) is 15.3. The van der Waals surface area contributed by atoms with Gasteiger partial charge in [-0.2, -0.15) is 0 Å². The fraction of sp³-hybridized carbons (Fsp3) is 0.483. The number of furan rings is 1. The Morgan fingerprint density at radius 3 is 2.48 bits per heavy atom. The first-order valence-electron chi connectivity index (χ1n) is 13.7. The zero-order chi connectivity index (χ0) is 28.5. The van der Waals surface area contributed by atoms with E-state index in [4.69, 9.17) is 9.15 Å². The number of amides is 1. The van der Waals surface area contributed by atoms with E-state index in [0.29, 0.717) is 61.3 Å². The summed E-state index contributed by atoms with van der Waals surface area (Å²) in [5.74, 6) is -0.917. The lowest BCUT2D eigenvalue weighted by atomic mass is 9.76. The highest BCUT2D eigenvalue weighted by Crippen LogP contribution is 2.44. The number of aromatic nitrogens is 1. The van der Waals surface area contributed by atoms with Crippen LogP contribution in [0.2, 0.25) is 0 Å². The number of aliphatic carboxylic acids is 1. The number of aryl methyl sites for hydroxylation is 1. The van der Waals surface area contributed by atoms with E-state index in [-0.39, 0.29) is 29.8 Å². The van der Waals surface area contributed by atoms with Gasteiger partial charge in [0.25, 0.3) is 5.91 Å². The molecule has 0 spiro atoms. The molecule has 1 aliphatic carbocycles. The third-order valence-corrected chi connectivity index (χ3v) is 9.26. The molecule has 2 fully saturated rings. The van der Waals surface area contributed by atoms with Crippen LogP contribution in [0.4, 0.5) is 0 Å². The lowest BCUT2D eigenvalue weighted by molar-refractivity contribution is -0.155. The number of hydrogen-bond acceptors (Lipinski definition) is 7. The predicted octanol–water partition coefficient (Wildman–Crippen LogP) is 4.12. The van der Waals surface area contributed by atoms with Crippen LogP contribution >= 0.6 is 0 Å². The fourth-order valence-corrected chi connectivity index (χ4v) is 6.56. The van der Waals surface area contributed by atoms with Crippen molar-refractivity contribution < 1.29 is 32.3 Å². The average molecular weight is 570 g/mol. The van der Waals surface area contributed by atoms with E-state index in [1.165, 1.54) is 0 Å². The van der Waals surface area contributed by atoms with Crippen LogP contribution in [0.1, 0.15) is 71.6 Å². The van der Waals surface area contributed by atoms with Gasteiger partial charge < -0.3 is 19.6 Å². The van der Waals surface area contributed by atoms with Gasteiger partial charge in [-0.25, -0.2) is 18.1 Å². The smallest absolute Gasteiger partial charge is 0.309 e. The number of benzene rings is 1. The summed E-state index contributed by atoms with van der Waals surface area (Å²) in [6.45, 7) is 2.91. The molecule has 214 valence electrons. The third kappa shape index (κ3) is 5.91. The molecule has 0 atom stereocenters. The minimum Gasteiger partial charge on any atom is -0.481 e.